The maximum absolute atomic E-state index is 12.4. The fourth-order valence-corrected chi connectivity index (χ4v) is 2.90. The van der Waals surface area contributed by atoms with E-state index in [1.807, 2.05) is 30.3 Å². The molecule has 3 aromatic carbocycles. The molecule has 1 heterocycles. The standard InChI is InChI=1S/C22H18N4O3/c1-29-20-10-7-14(11-19(20)27)13-23-26-22(28)16-8-9-17-18(12-16)25-21(24-17)15-5-3-2-4-6-15/h2-13,27H,1H3,(H,24,25)(H,26,28). The summed E-state index contributed by atoms with van der Waals surface area (Å²) in [7, 11) is 1.47. The van der Waals surface area contributed by atoms with Crippen molar-refractivity contribution in [1.82, 2.24) is 15.4 Å². The van der Waals surface area contributed by atoms with E-state index in [1.54, 1.807) is 30.3 Å². The van der Waals surface area contributed by atoms with Gasteiger partial charge in [-0.15, -0.1) is 0 Å². The Labute approximate surface area is 166 Å². The molecule has 7 heteroatoms. The summed E-state index contributed by atoms with van der Waals surface area (Å²) in [6.45, 7) is 0. The number of hydrogen-bond acceptors (Lipinski definition) is 5. The summed E-state index contributed by atoms with van der Waals surface area (Å²) in [4.78, 5) is 20.2. The first-order valence-electron chi connectivity index (χ1n) is 8.89. The third kappa shape index (κ3) is 3.93. The minimum Gasteiger partial charge on any atom is -0.504 e. The molecule has 0 aliphatic carbocycles. The molecule has 0 spiro atoms. The van der Waals surface area contributed by atoms with E-state index in [-0.39, 0.29) is 11.7 Å². The van der Waals surface area contributed by atoms with Crippen LogP contribution in [0.2, 0.25) is 0 Å². The Hall–Kier alpha value is -4.13. The van der Waals surface area contributed by atoms with E-state index in [0.717, 1.165) is 22.4 Å². The summed E-state index contributed by atoms with van der Waals surface area (Å²) in [5.74, 6) is 0.767. The second-order valence-electron chi connectivity index (χ2n) is 6.31. The van der Waals surface area contributed by atoms with Crippen molar-refractivity contribution in [3.63, 3.8) is 0 Å². The number of ether oxygens (including phenoxy) is 1. The topological polar surface area (TPSA) is 99.6 Å². The largest absolute Gasteiger partial charge is 0.504 e. The lowest BCUT2D eigenvalue weighted by molar-refractivity contribution is 0.0955. The van der Waals surface area contributed by atoms with Gasteiger partial charge in [0.25, 0.3) is 5.91 Å². The molecule has 1 aromatic heterocycles. The second kappa shape index (κ2) is 7.85. The zero-order valence-corrected chi connectivity index (χ0v) is 15.6. The third-order valence-electron chi connectivity index (χ3n) is 4.37. The van der Waals surface area contributed by atoms with Gasteiger partial charge in [0.2, 0.25) is 0 Å². The SMILES string of the molecule is COc1ccc(C=NNC(=O)c2ccc3nc(-c4ccccc4)[nH]c3c2)cc1O. The molecule has 0 unspecified atom stereocenters. The highest BCUT2D eigenvalue weighted by molar-refractivity contribution is 5.98. The van der Waals surface area contributed by atoms with E-state index >= 15 is 0 Å². The van der Waals surface area contributed by atoms with Crippen LogP contribution in [0.25, 0.3) is 22.4 Å². The molecule has 0 radical (unpaired) electrons. The van der Waals surface area contributed by atoms with Crippen LogP contribution >= 0.6 is 0 Å². The Morgan fingerprint density at radius 2 is 1.97 bits per heavy atom. The van der Waals surface area contributed by atoms with Gasteiger partial charge >= 0.3 is 0 Å². The number of rotatable bonds is 5. The smallest absolute Gasteiger partial charge is 0.271 e. The number of hydrazone groups is 1. The molecule has 4 aromatic rings. The van der Waals surface area contributed by atoms with Crippen LogP contribution < -0.4 is 10.2 Å². The number of nitrogens with zero attached hydrogens (tertiary/aromatic N) is 2. The first-order chi connectivity index (χ1) is 14.1. The van der Waals surface area contributed by atoms with E-state index in [2.05, 4.69) is 20.5 Å². The molecule has 0 bridgehead atoms. The van der Waals surface area contributed by atoms with Crippen LogP contribution in [-0.4, -0.2) is 34.3 Å². The first-order valence-corrected chi connectivity index (χ1v) is 8.89. The molecule has 3 N–H and O–H groups in total. The highest BCUT2D eigenvalue weighted by Gasteiger charge is 2.09. The average molecular weight is 386 g/mol. The fraction of sp³-hybridized carbons (Fsp3) is 0.0455. The summed E-state index contributed by atoms with van der Waals surface area (Å²) < 4.78 is 4.99. The van der Waals surface area contributed by atoms with Gasteiger partial charge < -0.3 is 14.8 Å². The zero-order chi connectivity index (χ0) is 20.2. The van der Waals surface area contributed by atoms with E-state index in [4.69, 9.17) is 4.74 Å². The molecule has 0 fully saturated rings. The van der Waals surface area contributed by atoms with Gasteiger partial charge in [-0.3, -0.25) is 4.79 Å². The van der Waals surface area contributed by atoms with Crippen LogP contribution in [0.15, 0.2) is 71.8 Å². The van der Waals surface area contributed by atoms with Gasteiger partial charge in [0.15, 0.2) is 11.5 Å². The summed E-state index contributed by atoms with van der Waals surface area (Å²) in [5.41, 5.74) is 6.08. The lowest BCUT2D eigenvalue weighted by Crippen LogP contribution is -2.17. The van der Waals surface area contributed by atoms with Crippen LogP contribution in [-0.2, 0) is 0 Å². The molecular weight excluding hydrogens is 368 g/mol. The van der Waals surface area contributed by atoms with Crippen LogP contribution in [0.3, 0.4) is 0 Å². The third-order valence-corrected chi connectivity index (χ3v) is 4.37. The molecule has 0 atom stereocenters. The lowest BCUT2D eigenvalue weighted by atomic mass is 10.2. The Bertz CT molecular complexity index is 1200. The summed E-state index contributed by atoms with van der Waals surface area (Å²) in [5, 5.41) is 13.7. The monoisotopic (exact) mass is 386 g/mol. The average Bonchev–Trinajstić information content (AvgIpc) is 3.18. The molecule has 1 amide bonds. The number of aromatic nitrogens is 2. The minimum atomic E-state index is -0.350. The highest BCUT2D eigenvalue weighted by atomic mass is 16.5. The number of carbonyl (C=O) groups excluding carboxylic acids is 1. The number of hydrogen-bond donors (Lipinski definition) is 3. The number of phenols is 1. The molecule has 29 heavy (non-hydrogen) atoms. The molecule has 144 valence electrons. The van der Waals surface area contributed by atoms with E-state index < -0.39 is 0 Å². The van der Waals surface area contributed by atoms with Gasteiger partial charge in [0.1, 0.15) is 5.82 Å². The first kappa shape index (κ1) is 18.2. The molecule has 0 aliphatic heterocycles. The Kier molecular flexibility index (Phi) is 4.94. The van der Waals surface area contributed by atoms with Crippen molar-refractivity contribution in [1.29, 1.82) is 0 Å². The van der Waals surface area contributed by atoms with Gasteiger partial charge in [-0.2, -0.15) is 5.10 Å². The van der Waals surface area contributed by atoms with Crippen molar-refractivity contribution >= 4 is 23.2 Å². The van der Waals surface area contributed by atoms with Crippen molar-refractivity contribution in [2.75, 3.05) is 7.11 Å². The number of methoxy groups -OCH3 is 1. The van der Waals surface area contributed by atoms with Crippen LogP contribution in [0.5, 0.6) is 11.5 Å². The zero-order valence-electron chi connectivity index (χ0n) is 15.6. The summed E-state index contributed by atoms with van der Waals surface area (Å²) in [6.07, 6.45) is 1.44. The van der Waals surface area contributed by atoms with Crippen molar-refractivity contribution < 1.29 is 14.6 Å². The second-order valence-corrected chi connectivity index (χ2v) is 6.31. The maximum Gasteiger partial charge on any atom is 0.271 e. The molecule has 0 saturated heterocycles. The number of phenolic OH excluding ortho intramolecular Hbond substituents is 1. The van der Waals surface area contributed by atoms with Crippen molar-refractivity contribution in [2.24, 2.45) is 5.10 Å². The number of aromatic hydroxyl groups is 1. The van der Waals surface area contributed by atoms with Gasteiger partial charge in [-0.1, -0.05) is 30.3 Å². The molecule has 0 aliphatic rings. The van der Waals surface area contributed by atoms with Gasteiger partial charge in [-0.25, -0.2) is 10.4 Å². The molecule has 4 rings (SSSR count). The predicted molar refractivity (Wildman–Crippen MR) is 111 cm³/mol. The summed E-state index contributed by atoms with van der Waals surface area (Å²) >= 11 is 0. The Balaban J connectivity index is 1.49. The highest BCUT2D eigenvalue weighted by Crippen LogP contribution is 2.25. The number of nitrogens with one attached hydrogen (secondary N) is 2. The number of amides is 1. The van der Waals surface area contributed by atoms with E-state index in [0.29, 0.717) is 16.9 Å². The van der Waals surface area contributed by atoms with Crippen molar-refractivity contribution in [2.45, 2.75) is 0 Å². The van der Waals surface area contributed by atoms with E-state index in [1.165, 1.54) is 19.4 Å². The number of H-pyrrole nitrogens is 1. The lowest BCUT2D eigenvalue weighted by Gasteiger charge is -2.03. The molecular formula is C22H18N4O3. The quantitative estimate of drug-likeness (QED) is 0.360. The minimum absolute atomic E-state index is 0.00157. The van der Waals surface area contributed by atoms with Gasteiger partial charge in [0, 0.05) is 11.1 Å². The Morgan fingerprint density at radius 3 is 2.72 bits per heavy atom. The number of benzene rings is 3. The van der Waals surface area contributed by atoms with Crippen LogP contribution in [0.1, 0.15) is 15.9 Å². The number of imidazole rings is 1. The Morgan fingerprint density at radius 1 is 1.14 bits per heavy atom. The molecule has 0 saturated carbocycles. The van der Waals surface area contributed by atoms with Gasteiger partial charge in [0.05, 0.1) is 24.4 Å². The predicted octanol–water partition coefficient (Wildman–Crippen LogP) is 3.71. The van der Waals surface area contributed by atoms with Crippen LogP contribution in [0.4, 0.5) is 0 Å². The van der Waals surface area contributed by atoms with Crippen molar-refractivity contribution in [3.05, 3.63) is 77.9 Å². The van der Waals surface area contributed by atoms with Crippen LogP contribution in [0, 0.1) is 0 Å². The van der Waals surface area contributed by atoms with Gasteiger partial charge in [-0.05, 0) is 42.0 Å². The maximum atomic E-state index is 12.4. The number of fused-ring (bicyclic) bond motifs is 1. The van der Waals surface area contributed by atoms with E-state index in [9.17, 15) is 9.90 Å². The molecule has 7 nitrogen and oxygen atoms in total. The number of aromatic amines is 1. The van der Waals surface area contributed by atoms with Crippen molar-refractivity contribution in [3.8, 4) is 22.9 Å². The fourth-order valence-electron chi connectivity index (χ4n) is 2.90. The summed E-state index contributed by atoms with van der Waals surface area (Å²) in [6, 6.07) is 19.8. The number of carbonyl (C=O) groups is 1. The normalized spacial score (nSPS) is 11.1.